The van der Waals surface area contributed by atoms with Gasteiger partial charge in [0.1, 0.15) is 0 Å². The van der Waals surface area contributed by atoms with Crippen LogP contribution in [0.25, 0.3) is 0 Å². The Balaban J connectivity index is 2.06. The smallest absolute Gasteiger partial charge is 0.266 e. The molecule has 0 amide bonds. The fraction of sp³-hybridized carbons (Fsp3) is 0.692. The molecule has 0 aromatic carbocycles. The molecule has 1 N–H and O–H groups in total. The van der Waals surface area contributed by atoms with Gasteiger partial charge in [0.2, 0.25) is 0 Å². The lowest BCUT2D eigenvalue weighted by molar-refractivity contribution is 0.351. The van der Waals surface area contributed by atoms with Crippen LogP contribution in [0, 0.1) is 11.8 Å². The molecule has 4 nitrogen and oxygen atoms in total. The van der Waals surface area contributed by atoms with Crippen LogP contribution in [0.15, 0.2) is 17.1 Å². The predicted octanol–water partition coefficient (Wildman–Crippen LogP) is 2.03. The zero-order valence-electron chi connectivity index (χ0n) is 10.6. The second-order valence-corrected chi connectivity index (χ2v) is 5.23. The molecular weight excluding hydrogens is 214 g/mol. The van der Waals surface area contributed by atoms with Crippen LogP contribution >= 0.6 is 0 Å². The van der Waals surface area contributed by atoms with Crippen molar-refractivity contribution < 1.29 is 0 Å². The monoisotopic (exact) mass is 235 g/mol. The summed E-state index contributed by atoms with van der Waals surface area (Å²) < 4.78 is 0. The van der Waals surface area contributed by atoms with Gasteiger partial charge in [0.25, 0.3) is 5.56 Å². The molecule has 1 unspecified atom stereocenters. The number of anilines is 1. The van der Waals surface area contributed by atoms with Crippen molar-refractivity contribution in [2.45, 2.75) is 33.1 Å². The highest BCUT2D eigenvalue weighted by Gasteiger charge is 2.19. The maximum absolute atomic E-state index is 11.2. The molecule has 1 saturated heterocycles. The van der Waals surface area contributed by atoms with Crippen molar-refractivity contribution in [1.29, 1.82) is 0 Å². The number of rotatable bonds is 2. The Labute approximate surface area is 102 Å². The largest absolute Gasteiger partial charge is 0.370 e. The Morgan fingerprint density at radius 1 is 1.41 bits per heavy atom. The molecule has 17 heavy (non-hydrogen) atoms. The van der Waals surface area contributed by atoms with E-state index in [0.717, 1.165) is 30.6 Å². The average molecular weight is 235 g/mol. The lowest BCUT2D eigenvalue weighted by Gasteiger charge is -2.22. The number of nitrogens with one attached hydrogen (secondary N) is 1. The van der Waals surface area contributed by atoms with Crippen molar-refractivity contribution in [1.82, 2.24) is 10.2 Å². The van der Waals surface area contributed by atoms with Crippen LogP contribution in [0.4, 0.5) is 5.69 Å². The predicted molar refractivity (Wildman–Crippen MR) is 69.2 cm³/mol. The van der Waals surface area contributed by atoms with Crippen LogP contribution in [0.1, 0.15) is 33.1 Å². The quantitative estimate of drug-likeness (QED) is 0.853. The number of hydrogen-bond acceptors (Lipinski definition) is 3. The second-order valence-electron chi connectivity index (χ2n) is 5.23. The van der Waals surface area contributed by atoms with Gasteiger partial charge in [0, 0.05) is 19.2 Å². The Hall–Kier alpha value is -1.32. The van der Waals surface area contributed by atoms with E-state index in [-0.39, 0.29) is 5.56 Å². The number of aromatic nitrogens is 2. The fourth-order valence-electron chi connectivity index (χ4n) is 2.59. The molecule has 1 aliphatic rings. The Morgan fingerprint density at radius 3 is 2.94 bits per heavy atom. The summed E-state index contributed by atoms with van der Waals surface area (Å²) >= 11 is 0. The van der Waals surface area contributed by atoms with E-state index in [9.17, 15) is 4.79 Å². The molecule has 0 aliphatic carbocycles. The highest BCUT2D eigenvalue weighted by molar-refractivity contribution is 5.42. The summed E-state index contributed by atoms with van der Waals surface area (Å²) in [5.41, 5.74) is 0.838. The molecule has 0 bridgehead atoms. The van der Waals surface area contributed by atoms with Gasteiger partial charge in [-0.1, -0.05) is 13.8 Å². The maximum atomic E-state index is 11.2. The minimum Gasteiger partial charge on any atom is -0.370 e. The molecule has 0 saturated carbocycles. The first-order valence-corrected chi connectivity index (χ1v) is 6.46. The highest BCUT2D eigenvalue weighted by atomic mass is 16.1. The Kier molecular flexibility index (Phi) is 3.82. The minimum atomic E-state index is -0.118. The van der Waals surface area contributed by atoms with Crippen molar-refractivity contribution in [2.24, 2.45) is 11.8 Å². The lowest BCUT2D eigenvalue weighted by atomic mass is 9.89. The van der Waals surface area contributed by atoms with Gasteiger partial charge in [0.15, 0.2) is 0 Å². The summed E-state index contributed by atoms with van der Waals surface area (Å²) in [5, 5.41) is 6.29. The first-order chi connectivity index (χ1) is 8.16. The summed E-state index contributed by atoms with van der Waals surface area (Å²) in [6.07, 6.45) is 5.46. The number of H-pyrrole nitrogens is 1. The second kappa shape index (κ2) is 5.34. The van der Waals surface area contributed by atoms with E-state index in [2.05, 4.69) is 28.9 Å². The van der Waals surface area contributed by atoms with Crippen LogP contribution in [0.2, 0.25) is 0 Å². The topological polar surface area (TPSA) is 49.0 Å². The minimum absolute atomic E-state index is 0.118. The van der Waals surface area contributed by atoms with Gasteiger partial charge < -0.3 is 4.90 Å². The van der Waals surface area contributed by atoms with Crippen molar-refractivity contribution in [3.63, 3.8) is 0 Å². The molecule has 94 valence electrons. The van der Waals surface area contributed by atoms with Crippen LogP contribution in [-0.4, -0.2) is 23.3 Å². The summed E-state index contributed by atoms with van der Waals surface area (Å²) in [6, 6.07) is 1.64. The molecule has 2 rings (SSSR count). The first-order valence-electron chi connectivity index (χ1n) is 6.46. The van der Waals surface area contributed by atoms with E-state index >= 15 is 0 Å². The average Bonchev–Trinajstić information content (AvgIpc) is 2.54. The maximum Gasteiger partial charge on any atom is 0.266 e. The van der Waals surface area contributed by atoms with E-state index in [0.29, 0.717) is 0 Å². The van der Waals surface area contributed by atoms with E-state index in [1.807, 2.05) is 0 Å². The zero-order valence-corrected chi connectivity index (χ0v) is 10.6. The molecule has 0 spiro atoms. The van der Waals surface area contributed by atoms with Crippen molar-refractivity contribution in [3.05, 3.63) is 22.6 Å². The van der Waals surface area contributed by atoms with E-state index in [4.69, 9.17) is 0 Å². The molecular formula is C13H21N3O. The summed E-state index contributed by atoms with van der Waals surface area (Å²) in [6.45, 7) is 6.67. The normalized spacial score (nSPS) is 21.6. The van der Waals surface area contributed by atoms with Gasteiger partial charge in [-0.3, -0.25) is 4.79 Å². The number of aromatic amines is 1. The van der Waals surface area contributed by atoms with Crippen LogP contribution in [0.5, 0.6) is 0 Å². The van der Waals surface area contributed by atoms with Crippen LogP contribution < -0.4 is 10.5 Å². The number of nitrogens with zero attached hydrogens (tertiary/aromatic N) is 2. The lowest BCUT2D eigenvalue weighted by Crippen LogP contribution is -2.26. The van der Waals surface area contributed by atoms with E-state index in [1.54, 1.807) is 12.3 Å². The Morgan fingerprint density at radius 2 is 2.24 bits per heavy atom. The van der Waals surface area contributed by atoms with Crippen molar-refractivity contribution >= 4 is 5.69 Å². The van der Waals surface area contributed by atoms with Gasteiger partial charge in [-0.15, -0.1) is 0 Å². The fourth-order valence-corrected chi connectivity index (χ4v) is 2.59. The molecule has 2 heterocycles. The highest BCUT2D eigenvalue weighted by Crippen LogP contribution is 2.26. The summed E-state index contributed by atoms with van der Waals surface area (Å²) in [4.78, 5) is 13.5. The Bertz CT molecular complexity index is 413. The number of hydrogen-bond donors (Lipinski definition) is 1. The summed E-state index contributed by atoms with van der Waals surface area (Å²) in [7, 11) is 0. The molecule has 1 aromatic rings. The molecule has 1 aromatic heterocycles. The third-order valence-electron chi connectivity index (χ3n) is 3.73. The summed E-state index contributed by atoms with van der Waals surface area (Å²) in [5.74, 6) is 1.57. The van der Waals surface area contributed by atoms with Gasteiger partial charge in [-0.25, -0.2) is 5.10 Å². The van der Waals surface area contributed by atoms with Crippen molar-refractivity contribution in [2.75, 3.05) is 18.0 Å². The molecule has 0 radical (unpaired) electrons. The van der Waals surface area contributed by atoms with Gasteiger partial charge in [-0.2, -0.15) is 5.10 Å². The van der Waals surface area contributed by atoms with Crippen LogP contribution in [0.3, 0.4) is 0 Å². The molecule has 1 atom stereocenters. The molecule has 1 fully saturated rings. The zero-order chi connectivity index (χ0) is 12.3. The standard InChI is InChI=1S/C13H21N3O/c1-10(2)11-4-3-6-16(7-5-11)12-8-13(17)15-14-9-12/h8-11H,3-7H2,1-2H3,(H,15,17). The molecule has 4 heteroatoms. The first kappa shape index (κ1) is 12.1. The third-order valence-corrected chi connectivity index (χ3v) is 3.73. The molecule has 1 aliphatic heterocycles. The van der Waals surface area contributed by atoms with E-state index in [1.165, 1.54) is 19.3 Å². The SMILES string of the molecule is CC(C)C1CCCN(c2cn[nH]c(=O)c2)CC1. The van der Waals surface area contributed by atoms with Gasteiger partial charge in [0.05, 0.1) is 11.9 Å². The van der Waals surface area contributed by atoms with Gasteiger partial charge >= 0.3 is 0 Å². The third kappa shape index (κ3) is 3.08. The van der Waals surface area contributed by atoms with Crippen molar-refractivity contribution in [3.8, 4) is 0 Å². The van der Waals surface area contributed by atoms with E-state index < -0.39 is 0 Å². The van der Waals surface area contributed by atoms with Crippen LogP contribution in [-0.2, 0) is 0 Å². The van der Waals surface area contributed by atoms with Gasteiger partial charge in [-0.05, 0) is 31.1 Å².